The Kier molecular flexibility index (Phi) is 4.03. The zero-order valence-electron chi connectivity index (χ0n) is 10.7. The van der Waals surface area contributed by atoms with Crippen LogP contribution in [0, 0.1) is 6.07 Å². The van der Waals surface area contributed by atoms with E-state index in [1.54, 1.807) is 0 Å². The Balaban J connectivity index is 2.32. The van der Waals surface area contributed by atoms with Crippen LogP contribution < -0.4 is 4.90 Å². The molecule has 0 aliphatic carbocycles. The summed E-state index contributed by atoms with van der Waals surface area (Å²) < 4.78 is 0. The van der Waals surface area contributed by atoms with Gasteiger partial charge in [-0.25, -0.2) is 0 Å². The fourth-order valence-corrected chi connectivity index (χ4v) is 2.18. The van der Waals surface area contributed by atoms with Gasteiger partial charge in [-0.15, -0.1) is 0 Å². The smallest absolute Gasteiger partial charge is 0.0453 e. The van der Waals surface area contributed by atoms with E-state index in [1.165, 1.54) is 29.3 Å². The summed E-state index contributed by atoms with van der Waals surface area (Å²) >= 11 is 0. The van der Waals surface area contributed by atoms with E-state index in [0.717, 1.165) is 13.1 Å². The Morgan fingerprint density at radius 2 is 1.65 bits per heavy atom. The quantitative estimate of drug-likeness (QED) is 0.736. The lowest BCUT2D eigenvalue weighted by atomic mass is 10.1. The molecule has 0 unspecified atom stereocenters. The summed E-state index contributed by atoms with van der Waals surface area (Å²) in [6.45, 7) is 6.68. The summed E-state index contributed by atoms with van der Waals surface area (Å²) in [6, 6.07) is 16.3. The van der Waals surface area contributed by atoms with Crippen molar-refractivity contribution >= 4 is 16.5 Å². The number of benzene rings is 2. The van der Waals surface area contributed by atoms with Gasteiger partial charge in [-0.1, -0.05) is 44.2 Å². The topological polar surface area (TPSA) is 3.24 Å². The summed E-state index contributed by atoms with van der Waals surface area (Å²) in [7, 11) is 0. The van der Waals surface area contributed by atoms with E-state index in [-0.39, 0.29) is 0 Å². The van der Waals surface area contributed by atoms with Gasteiger partial charge in [0.2, 0.25) is 0 Å². The summed E-state index contributed by atoms with van der Waals surface area (Å²) in [4.78, 5) is 2.42. The standard InChI is InChI=1S/C16H20N/c1-3-11-17(12-4-2)16-10-9-14-7-5-6-8-15(14)13-16/h5-10H,3-4,11-12H2,1-2H3. The van der Waals surface area contributed by atoms with Gasteiger partial charge in [0, 0.05) is 24.8 Å². The lowest BCUT2D eigenvalue weighted by molar-refractivity contribution is 0.745. The van der Waals surface area contributed by atoms with Crippen molar-refractivity contribution in [3.63, 3.8) is 0 Å². The molecule has 0 bridgehead atoms. The van der Waals surface area contributed by atoms with Crippen molar-refractivity contribution in [1.82, 2.24) is 0 Å². The highest BCUT2D eigenvalue weighted by Crippen LogP contribution is 2.21. The number of nitrogens with zero attached hydrogens (tertiary/aromatic N) is 1. The van der Waals surface area contributed by atoms with Crippen LogP contribution in [0.15, 0.2) is 36.4 Å². The third-order valence-corrected chi connectivity index (χ3v) is 2.97. The summed E-state index contributed by atoms with van der Waals surface area (Å²) in [5, 5.41) is 2.48. The monoisotopic (exact) mass is 226 g/mol. The highest BCUT2D eigenvalue weighted by molar-refractivity contribution is 5.85. The first-order valence-electron chi connectivity index (χ1n) is 6.51. The third-order valence-electron chi connectivity index (χ3n) is 2.97. The minimum atomic E-state index is 1.11. The van der Waals surface area contributed by atoms with Crippen molar-refractivity contribution in [2.75, 3.05) is 18.0 Å². The molecule has 89 valence electrons. The summed E-state index contributed by atoms with van der Waals surface area (Å²) in [5.74, 6) is 0. The first-order valence-corrected chi connectivity index (χ1v) is 6.51. The average molecular weight is 226 g/mol. The third kappa shape index (κ3) is 2.79. The molecule has 0 N–H and O–H groups in total. The molecule has 17 heavy (non-hydrogen) atoms. The predicted molar refractivity (Wildman–Crippen MR) is 75.6 cm³/mol. The molecule has 0 spiro atoms. The molecule has 1 nitrogen and oxygen atoms in total. The van der Waals surface area contributed by atoms with Gasteiger partial charge >= 0.3 is 0 Å². The van der Waals surface area contributed by atoms with Crippen LogP contribution in [0.5, 0.6) is 0 Å². The minimum absolute atomic E-state index is 1.11. The Hall–Kier alpha value is -1.50. The van der Waals surface area contributed by atoms with E-state index in [4.69, 9.17) is 0 Å². The van der Waals surface area contributed by atoms with Crippen molar-refractivity contribution in [2.45, 2.75) is 26.7 Å². The molecule has 2 rings (SSSR count). The fraction of sp³-hybridized carbons (Fsp3) is 0.375. The van der Waals surface area contributed by atoms with E-state index in [2.05, 4.69) is 61.2 Å². The van der Waals surface area contributed by atoms with Gasteiger partial charge in [-0.3, -0.25) is 0 Å². The van der Waals surface area contributed by atoms with Gasteiger partial charge in [0.25, 0.3) is 0 Å². The average Bonchev–Trinajstić information content (AvgIpc) is 2.38. The van der Waals surface area contributed by atoms with Crippen molar-refractivity contribution in [3.05, 3.63) is 42.5 Å². The number of fused-ring (bicyclic) bond motifs is 1. The van der Waals surface area contributed by atoms with Crippen molar-refractivity contribution in [3.8, 4) is 0 Å². The molecule has 0 saturated carbocycles. The highest BCUT2D eigenvalue weighted by atomic mass is 15.1. The largest absolute Gasteiger partial charge is 0.371 e. The molecular weight excluding hydrogens is 206 g/mol. The number of anilines is 1. The zero-order chi connectivity index (χ0) is 12.1. The molecule has 0 saturated heterocycles. The summed E-state index contributed by atoms with van der Waals surface area (Å²) in [5.41, 5.74) is 1.23. The van der Waals surface area contributed by atoms with E-state index in [0.29, 0.717) is 0 Å². The van der Waals surface area contributed by atoms with Crippen LogP contribution in [0.25, 0.3) is 10.8 Å². The molecule has 0 aromatic heterocycles. The second-order valence-corrected chi connectivity index (χ2v) is 4.42. The molecule has 0 fully saturated rings. The van der Waals surface area contributed by atoms with Crippen LogP contribution in [0.4, 0.5) is 5.69 Å². The van der Waals surface area contributed by atoms with Crippen molar-refractivity contribution in [2.24, 2.45) is 0 Å². The maximum Gasteiger partial charge on any atom is 0.0453 e. The van der Waals surface area contributed by atoms with Crippen LogP contribution in [-0.4, -0.2) is 13.1 Å². The molecule has 0 amide bonds. The lowest BCUT2D eigenvalue weighted by Gasteiger charge is -2.23. The molecule has 2 aromatic rings. The van der Waals surface area contributed by atoms with Crippen molar-refractivity contribution in [1.29, 1.82) is 0 Å². The SMILES string of the molecule is CCCN(CCC)c1[c]c2ccccc2cc1. The first kappa shape index (κ1) is 12.0. The van der Waals surface area contributed by atoms with E-state index in [9.17, 15) is 0 Å². The van der Waals surface area contributed by atoms with E-state index >= 15 is 0 Å². The molecule has 0 aliphatic rings. The van der Waals surface area contributed by atoms with Gasteiger partial charge in [-0.2, -0.15) is 0 Å². The second-order valence-electron chi connectivity index (χ2n) is 4.42. The van der Waals surface area contributed by atoms with Crippen LogP contribution >= 0.6 is 0 Å². The first-order chi connectivity index (χ1) is 8.35. The van der Waals surface area contributed by atoms with E-state index in [1.807, 2.05) is 0 Å². The second kappa shape index (κ2) is 5.72. The molecular formula is C16H20N. The Morgan fingerprint density at radius 3 is 2.35 bits per heavy atom. The van der Waals surface area contributed by atoms with Gasteiger partial charge in [0.1, 0.15) is 0 Å². The maximum atomic E-state index is 3.52. The van der Waals surface area contributed by atoms with E-state index < -0.39 is 0 Å². The Labute approximate surface area is 104 Å². The normalized spacial score (nSPS) is 10.7. The number of hydrogen-bond donors (Lipinski definition) is 0. The number of hydrogen-bond acceptors (Lipinski definition) is 1. The molecule has 1 heteroatoms. The molecule has 0 atom stereocenters. The van der Waals surface area contributed by atoms with Gasteiger partial charge in [0.05, 0.1) is 0 Å². The molecule has 2 aromatic carbocycles. The zero-order valence-corrected chi connectivity index (χ0v) is 10.7. The maximum absolute atomic E-state index is 3.52. The lowest BCUT2D eigenvalue weighted by Crippen LogP contribution is -2.24. The molecule has 0 heterocycles. The van der Waals surface area contributed by atoms with Crippen LogP contribution in [0.1, 0.15) is 26.7 Å². The summed E-state index contributed by atoms with van der Waals surface area (Å²) in [6.07, 6.45) is 2.36. The predicted octanol–water partition coefficient (Wildman–Crippen LogP) is 4.27. The van der Waals surface area contributed by atoms with Crippen LogP contribution in [-0.2, 0) is 0 Å². The molecule has 0 aliphatic heterocycles. The van der Waals surface area contributed by atoms with Gasteiger partial charge in [-0.05, 0) is 29.7 Å². The Bertz CT molecular complexity index is 470. The minimum Gasteiger partial charge on any atom is -0.371 e. The fourth-order valence-electron chi connectivity index (χ4n) is 2.18. The Morgan fingerprint density at radius 1 is 0.941 bits per heavy atom. The highest BCUT2D eigenvalue weighted by Gasteiger charge is 2.05. The van der Waals surface area contributed by atoms with Crippen LogP contribution in [0.3, 0.4) is 0 Å². The number of rotatable bonds is 5. The molecule has 1 radical (unpaired) electrons. The van der Waals surface area contributed by atoms with Crippen LogP contribution in [0.2, 0.25) is 0 Å². The van der Waals surface area contributed by atoms with Crippen molar-refractivity contribution < 1.29 is 0 Å². The van der Waals surface area contributed by atoms with Gasteiger partial charge < -0.3 is 4.90 Å². The van der Waals surface area contributed by atoms with Gasteiger partial charge in [0.15, 0.2) is 0 Å².